The van der Waals surface area contributed by atoms with E-state index in [1.165, 1.54) is 7.11 Å². The summed E-state index contributed by atoms with van der Waals surface area (Å²) in [6.07, 6.45) is 7.55. The second-order valence-corrected chi connectivity index (χ2v) is 3.26. The molecule has 0 bridgehead atoms. The molecular formula is C11H16O3. The first-order valence-corrected chi connectivity index (χ1v) is 4.73. The standard InChI is InChI=1S/C11H16O3/c1-13-8-7-9-5-3-4-6-10(9)11(12)14-2/h3-4,6,9H,5,7-8H2,1-2H3. The van der Waals surface area contributed by atoms with Crippen LogP contribution < -0.4 is 0 Å². The Kier molecular flexibility index (Phi) is 4.40. The maximum atomic E-state index is 11.4. The highest BCUT2D eigenvalue weighted by Gasteiger charge is 2.21. The summed E-state index contributed by atoms with van der Waals surface area (Å²) in [5.74, 6) is 0.0165. The van der Waals surface area contributed by atoms with Crippen molar-refractivity contribution in [1.29, 1.82) is 0 Å². The number of allylic oxidation sites excluding steroid dienone is 3. The molecule has 0 saturated heterocycles. The van der Waals surface area contributed by atoms with Gasteiger partial charge in [0.25, 0.3) is 0 Å². The van der Waals surface area contributed by atoms with Gasteiger partial charge in [-0.1, -0.05) is 18.2 Å². The van der Waals surface area contributed by atoms with Crippen LogP contribution in [0.15, 0.2) is 23.8 Å². The molecule has 0 N–H and O–H groups in total. The lowest BCUT2D eigenvalue weighted by molar-refractivity contribution is -0.136. The summed E-state index contributed by atoms with van der Waals surface area (Å²) in [4.78, 5) is 11.4. The second kappa shape index (κ2) is 5.60. The van der Waals surface area contributed by atoms with Gasteiger partial charge in [-0.3, -0.25) is 0 Å². The summed E-state index contributed by atoms with van der Waals surface area (Å²) >= 11 is 0. The Bertz CT molecular complexity index is 253. The molecule has 1 rings (SSSR count). The third-order valence-corrected chi connectivity index (χ3v) is 2.36. The highest BCUT2D eigenvalue weighted by atomic mass is 16.5. The van der Waals surface area contributed by atoms with Crippen LogP contribution in [-0.4, -0.2) is 26.8 Å². The molecule has 1 aliphatic rings. The third-order valence-electron chi connectivity index (χ3n) is 2.36. The Labute approximate surface area is 84.4 Å². The van der Waals surface area contributed by atoms with Crippen LogP contribution >= 0.6 is 0 Å². The SMILES string of the molecule is COCCC1CC=CC=C1C(=O)OC. The zero-order valence-electron chi connectivity index (χ0n) is 8.66. The number of methoxy groups -OCH3 is 2. The van der Waals surface area contributed by atoms with E-state index in [9.17, 15) is 4.79 Å². The molecule has 78 valence electrons. The molecule has 14 heavy (non-hydrogen) atoms. The van der Waals surface area contributed by atoms with Crippen LogP contribution in [0.25, 0.3) is 0 Å². The molecule has 1 aliphatic carbocycles. The minimum atomic E-state index is -0.226. The number of ether oxygens (including phenoxy) is 2. The molecule has 3 heteroatoms. The average molecular weight is 196 g/mol. The molecule has 0 spiro atoms. The van der Waals surface area contributed by atoms with Crippen molar-refractivity contribution in [2.75, 3.05) is 20.8 Å². The van der Waals surface area contributed by atoms with Gasteiger partial charge in [-0.2, -0.15) is 0 Å². The summed E-state index contributed by atoms with van der Waals surface area (Å²) < 4.78 is 9.72. The Balaban J connectivity index is 2.61. The summed E-state index contributed by atoms with van der Waals surface area (Å²) in [5, 5.41) is 0. The fraction of sp³-hybridized carbons (Fsp3) is 0.545. The average Bonchev–Trinajstić information content (AvgIpc) is 2.25. The molecule has 0 aromatic carbocycles. The largest absolute Gasteiger partial charge is 0.466 e. The van der Waals surface area contributed by atoms with Gasteiger partial charge in [0.15, 0.2) is 0 Å². The number of carbonyl (C=O) groups excluding carboxylic acids is 1. The van der Waals surface area contributed by atoms with Crippen LogP contribution in [0.5, 0.6) is 0 Å². The van der Waals surface area contributed by atoms with Crippen LogP contribution in [0.3, 0.4) is 0 Å². The van der Waals surface area contributed by atoms with E-state index >= 15 is 0 Å². The van der Waals surface area contributed by atoms with Crippen molar-refractivity contribution >= 4 is 5.97 Å². The first-order chi connectivity index (χ1) is 6.79. The van der Waals surface area contributed by atoms with Crippen LogP contribution in [0.2, 0.25) is 0 Å². The Morgan fingerprint density at radius 3 is 3.00 bits per heavy atom. The van der Waals surface area contributed by atoms with Gasteiger partial charge in [-0.25, -0.2) is 4.79 Å². The van der Waals surface area contributed by atoms with E-state index < -0.39 is 0 Å². The Morgan fingerprint density at radius 2 is 2.36 bits per heavy atom. The van der Waals surface area contributed by atoms with E-state index in [2.05, 4.69) is 6.08 Å². The first-order valence-electron chi connectivity index (χ1n) is 4.73. The topological polar surface area (TPSA) is 35.5 Å². The van der Waals surface area contributed by atoms with E-state index in [0.29, 0.717) is 6.61 Å². The van der Waals surface area contributed by atoms with E-state index in [0.717, 1.165) is 18.4 Å². The van der Waals surface area contributed by atoms with Gasteiger partial charge < -0.3 is 9.47 Å². The summed E-state index contributed by atoms with van der Waals surface area (Å²) in [6.45, 7) is 0.673. The summed E-state index contributed by atoms with van der Waals surface area (Å²) in [5.41, 5.74) is 0.757. The predicted molar refractivity (Wildman–Crippen MR) is 53.8 cm³/mol. The smallest absolute Gasteiger partial charge is 0.334 e. The maximum Gasteiger partial charge on any atom is 0.334 e. The molecule has 0 heterocycles. The van der Waals surface area contributed by atoms with Crippen molar-refractivity contribution in [3.8, 4) is 0 Å². The lowest BCUT2D eigenvalue weighted by Crippen LogP contribution is -2.17. The third kappa shape index (κ3) is 2.70. The van der Waals surface area contributed by atoms with Crippen molar-refractivity contribution in [2.24, 2.45) is 5.92 Å². The summed E-state index contributed by atoms with van der Waals surface area (Å²) in [7, 11) is 3.08. The van der Waals surface area contributed by atoms with Gasteiger partial charge in [-0.05, 0) is 18.8 Å². The number of carbonyl (C=O) groups is 1. The van der Waals surface area contributed by atoms with Crippen molar-refractivity contribution in [1.82, 2.24) is 0 Å². The van der Waals surface area contributed by atoms with E-state index in [4.69, 9.17) is 9.47 Å². The van der Waals surface area contributed by atoms with Gasteiger partial charge in [0.05, 0.1) is 7.11 Å². The monoisotopic (exact) mass is 196 g/mol. The number of hydrogen-bond donors (Lipinski definition) is 0. The Morgan fingerprint density at radius 1 is 1.57 bits per heavy atom. The molecule has 0 aromatic heterocycles. The van der Waals surface area contributed by atoms with Crippen LogP contribution in [0.4, 0.5) is 0 Å². The van der Waals surface area contributed by atoms with Crippen molar-refractivity contribution in [2.45, 2.75) is 12.8 Å². The maximum absolute atomic E-state index is 11.4. The van der Waals surface area contributed by atoms with Crippen LogP contribution in [0.1, 0.15) is 12.8 Å². The predicted octanol–water partition coefficient (Wildman–Crippen LogP) is 1.70. The molecule has 0 aromatic rings. The summed E-state index contributed by atoms with van der Waals surface area (Å²) in [6, 6.07) is 0. The number of esters is 1. The lowest BCUT2D eigenvalue weighted by atomic mass is 9.89. The quantitative estimate of drug-likeness (QED) is 0.642. The van der Waals surface area contributed by atoms with E-state index in [-0.39, 0.29) is 11.9 Å². The molecule has 0 fully saturated rings. The van der Waals surface area contributed by atoms with Crippen molar-refractivity contribution < 1.29 is 14.3 Å². The highest BCUT2D eigenvalue weighted by molar-refractivity contribution is 5.89. The second-order valence-electron chi connectivity index (χ2n) is 3.26. The van der Waals surface area contributed by atoms with Gasteiger partial charge in [0.1, 0.15) is 0 Å². The molecule has 3 nitrogen and oxygen atoms in total. The number of hydrogen-bond acceptors (Lipinski definition) is 3. The first kappa shape index (κ1) is 11.0. The molecule has 1 atom stereocenters. The molecule has 0 aliphatic heterocycles. The van der Waals surface area contributed by atoms with Crippen LogP contribution in [-0.2, 0) is 14.3 Å². The lowest BCUT2D eigenvalue weighted by Gasteiger charge is -2.19. The van der Waals surface area contributed by atoms with Crippen LogP contribution in [0, 0.1) is 5.92 Å². The van der Waals surface area contributed by atoms with E-state index in [1.807, 2.05) is 12.2 Å². The normalized spacial score (nSPS) is 20.4. The van der Waals surface area contributed by atoms with Gasteiger partial charge in [0.2, 0.25) is 0 Å². The minimum absolute atomic E-state index is 0.226. The van der Waals surface area contributed by atoms with Gasteiger partial charge in [-0.15, -0.1) is 0 Å². The zero-order chi connectivity index (χ0) is 10.4. The minimum Gasteiger partial charge on any atom is -0.466 e. The molecule has 0 amide bonds. The fourth-order valence-electron chi connectivity index (χ4n) is 1.56. The molecular weight excluding hydrogens is 180 g/mol. The highest BCUT2D eigenvalue weighted by Crippen LogP contribution is 2.24. The van der Waals surface area contributed by atoms with Gasteiger partial charge >= 0.3 is 5.97 Å². The van der Waals surface area contributed by atoms with Crippen molar-refractivity contribution in [3.63, 3.8) is 0 Å². The fourth-order valence-corrected chi connectivity index (χ4v) is 1.56. The van der Waals surface area contributed by atoms with Gasteiger partial charge in [0, 0.05) is 19.3 Å². The molecule has 1 unspecified atom stereocenters. The van der Waals surface area contributed by atoms with E-state index in [1.54, 1.807) is 7.11 Å². The zero-order valence-corrected chi connectivity index (χ0v) is 8.66. The number of rotatable bonds is 4. The van der Waals surface area contributed by atoms with Crippen molar-refractivity contribution in [3.05, 3.63) is 23.8 Å². The molecule has 0 radical (unpaired) electrons. The Hall–Kier alpha value is -1.09. The molecule has 0 saturated carbocycles.